The molecular weight excluding hydrogens is 260 g/mol. The smallest absolute Gasteiger partial charge is 0.120 e. The lowest BCUT2D eigenvalue weighted by atomic mass is 9.74. The second-order valence-electron chi connectivity index (χ2n) is 6.01. The first-order chi connectivity index (χ1) is 9.04. The van der Waals surface area contributed by atoms with Gasteiger partial charge in [0.15, 0.2) is 0 Å². The average molecular weight is 283 g/mol. The lowest BCUT2D eigenvalue weighted by Crippen LogP contribution is -2.33. The highest BCUT2D eigenvalue weighted by Crippen LogP contribution is 2.34. The van der Waals surface area contributed by atoms with Crippen molar-refractivity contribution in [2.24, 2.45) is 17.8 Å². The number of aliphatic hydroxyl groups excluding tert-OH is 1. The van der Waals surface area contributed by atoms with Gasteiger partial charge in [0.25, 0.3) is 0 Å². The molecule has 0 radical (unpaired) electrons. The van der Waals surface area contributed by atoms with Gasteiger partial charge in [-0.05, 0) is 55.2 Å². The third-order valence-corrected chi connectivity index (χ3v) is 4.21. The van der Waals surface area contributed by atoms with Crippen LogP contribution in [0.3, 0.4) is 0 Å². The highest BCUT2D eigenvalue weighted by atomic mass is 35.5. The summed E-state index contributed by atoms with van der Waals surface area (Å²) in [5.74, 6) is 2.49. The SMILES string of the molecule is CC1CC(C)CC(C(O)COc2cccc(Cl)c2)C1. The molecule has 0 saturated heterocycles. The van der Waals surface area contributed by atoms with E-state index >= 15 is 0 Å². The van der Waals surface area contributed by atoms with Crippen molar-refractivity contribution in [3.05, 3.63) is 29.3 Å². The molecule has 1 fully saturated rings. The minimum absolute atomic E-state index is 0.352. The zero-order valence-corrected chi connectivity index (χ0v) is 12.4. The topological polar surface area (TPSA) is 29.5 Å². The van der Waals surface area contributed by atoms with Crippen molar-refractivity contribution in [2.75, 3.05) is 6.61 Å². The van der Waals surface area contributed by atoms with Crippen LogP contribution in [0.5, 0.6) is 5.75 Å². The van der Waals surface area contributed by atoms with Gasteiger partial charge in [0.1, 0.15) is 12.4 Å². The molecule has 1 N–H and O–H groups in total. The molecule has 0 bridgehead atoms. The van der Waals surface area contributed by atoms with E-state index in [0.717, 1.165) is 18.6 Å². The Morgan fingerprint density at radius 3 is 2.58 bits per heavy atom. The molecule has 2 rings (SSSR count). The van der Waals surface area contributed by atoms with Gasteiger partial charge in [-0.15, -0.1) is 0 Å². The van der Waals surface area contributed by atoms with Crippen LogP contribution in [0.2, 0.25) is 5.02 Å². The highest BCUT2D eigenvalue weighted by molar-refractivity contribution is 6.30. The first-order valence-electron chi connectivity index (χ1n) is 7.11. The number of hydrogen-bond acceptors (Lipinski definition) is 2. The Morgan fingerprint density at radius 2 is 1.95 bits per heavy atom. The molecule has 3 heteroatoms. The Bertz CT molecular complexity index is 397. The second-order valence-corrected chi connectivity index (χ2v) is 6.45. The van der Waals surface area contributed by atoms with E-state index in [2.05, 4.69) is 13.8 Å². The third-order valence-electron chi connectivity index (χ3n) is 3.98. The fourth-order valence-corrected chi connectivity index (χ4v) is 3.38. The van der Waals surface area contributed by atoms with Crippen molar-refractivity contribution in [2.45, 2.75) is 39.2 Å². The van der Waals surface area contributed by atoms with E-state index in [1.165, 1.54) is 6.42 Å². The van der Waals surface area contributed by atoms with E-state index in [9.17, 15) is 5.11 Å². The van der Waals surface area contributed by atoms with Gasteiger partial charge >= 0.3 is 0 Å². The zero-order chi connectivity index (χ0) is 13.8. The zero-order valence-electron chi connectivity index (χ0n) is 11.7. The summed E-state index contributed by atoms with van der Waals surface area (Å²) in [7, 11) is 0. The maximum Gasteiger partial charge on any atom is 0.120 e. The highest BCUT2D eigenvalue weighted by Gasteiger charge is 2.29. The van der Waals surface area contributed by atoms with Gasteiger partial charge < -0.3 is 9.84 Å². The molecule has 106 valence electrons. The van der Waals surface area contributed by atoms with Gasteiger partial charge in [-0.3, -0.25) is 0 Å². The van der Waals surface area contributed by atoms with Crippen molar-refractivity contribution in [3.8, 4) is 5.75 Å². The molecule has 1 aliphatic carbocycles. The minimum Gasteiger partial charge on any atom is -0.491 e. The van der Waals surface area contributed by atoms with Crippen LogP contribution in [0.4, 0.5) is 0 Å². The Morgan fingerprint density at radius 1 is 1.26 bits per heavy atom. The van der Waals surface area contributed by atoms with E-state index in [4.69, 9.17) is 16.3 Å². The predicted octanol–water partition coefficient (Wildman–Crippen LogP) is 4.15. The van der Waals surface area contributed by atoms with Crippen molar-refractivity contribution in [3.63, 3.8) is 0 Å². The Labute approximate surface area is 120 Å². The van der Waals surface area contributed by atoms with Gasteiger partial charge in [-0.2, -0.15) is 0 Å². The van der Waals surface area contributed by atoms with Crippen LogP contribution in [-0.2, 0) is 0 Å². The summed E-state index contributed by atoms with van der Waals surface area (Å²) in [6.07, 6.45) is 3.09. The molecular formula is C16H23ClO2. The molecule has 3 unspecified atom stereocenters. The lowest BCUT2D eigenvalue weighted by Gasteiger charge is -2.34. The summed E-state index contributed by atoms with van der Waals surface area (Å²) >= 11 is 5.90. The molecule has 0 aromatic heterocycles. The monoisotopic (exact) mass is 282 g/mol. The van der Waals surface area contributed by atoms with E-state index in [1.54, 1.807) is 6.07 Å². The summed E-state index contributed by atoms with van der Waals surface area (Å²) in [4.78, 5) is 0. The van der Waals surface area contributed by atoms with Crippen LogP contribution in [0.25, 0.3) is 0 Å². The molecule has 0 heterocycles. The molecule has 1 saturated carbocycles. The summed E-state index contributed by atoms with van der Waals surface area (Å²) < 4.78 is 5.64. The summed E-state index contributed by atoms with van der Waals surface area (Å²) in [6, 6.07) is 7.31. The third kappa shape index (κ3) is 4.39. The Hall–Kier alpha value is -0.730. The normalized spacial score (nSPS) is 28.9. The fourth-order valence-electron chi connectivity index (χ4n) is 3.20. The van der Waals surface area contributed by atoms with Crippen LogP contribution in [0, 0.1) is 17.8 Å². The molecule has 0 spiro atoms. The molecule has 1 aromatic rings. The first kappa shape index (κ1) is 14.7. The number of ether oxygens (including phenoxy) is 1. The van der Waals surface area contributed by atoms with E-state index in [-0.39, 0.29) is 6.10 Å². The quantitative estimate of drug-likeness (QED) is 0.899. The molecule has 0 amide bonds. The van der Waals surface area contributed by atoms with Gasteiger partial charge in [-0.25, -0.2) is 0 Å². The van der Waals surface area contributed by atoms with Crippen LogP contribution in [0.15, 0.2) is 24.3 Å². The average Bonchev–Trinajstić information content (AvgIpc) is 2.35. The molecule has 3 atom stereocenters. The second kappa shape index (κ2) is 6.62. The lowest BCUT2D eigenvalue weighted by molar-refractivity contribution is 0.0215. The summed E-state index contributed by atoms with van der Waals surface area (Å²) in [5.41, 5.74) is 0. The fraction of sp³-hybridized carbons (Fsp3) is 0.625. The molecule has 2 nitrogen and oxygen atoms in total. The number of rotatable bonds is 4. The van der Waals surface area contributed by atoms with Crippen LogP contribution >= 0.6 is 11.6 Å². The number of aliphatic hydroxyl groups is 1. The van der Waals surface area contributed by atoms with Gasteiger partial charge in [0.2, 0.25) is 0 Å². The minimum atomic E-state index is -0.385. The molecule has 19 heavy (non-hydrogen) atoms. The number of benzene rings is 1. The van der Waals surface area contributed by atoms with E-state index < -0.39 is 0 Å². The molecule has 0 aliphatic heterocycles. The van der Waals surface area contributed by atoms with Crippen molar-refractivity contribution < 1.29 is 9.84 Å². The van der Waals surface area contributed by atoms with Gasteiger partial charge in [0.05, 0.1) is 6.10 Å². The first-order valence-corrected chi connectivity index (χ1v) is 7.49. The number of hydrogen-bond donors (Lipinski definition) is 1. The Balaban J connectivity index is 1.85. The van der Waals surface area contributed by atoms with Crippen LogP contribution in [-0.4, -0.2) is 17.8 Å². The number of halogens is 1. The van der Waals surface area contributed by atoms with Gasteiger partial charge in [0, 0.05) is 5.02 Å². The standard InChI is InChI=1S/C16H23ClO2/c1-11-6-12(2)8-13(7-11)16(18)10-19-15-5-3-4-14(17)9-15/h3-5,9,11-13,16,18H,6-8,10H2,1-2H3. The van der Waals surface area contributed by atoms with Crippen LogP contribution in [0.1, 0.15) is 33.1 Å². The maximum absolute atomic E-state index is 10.3. The van der Waals surface area contributed by atoms with Gasteiger partial charge in [-0.1, -0.05) is 31.5 Å². The summed E-state index contributed by atoms with van der Waals surface area (Å²) in [6.45, 7) is 4.89. The van der Waals surface area contributed by atoms with E-state index in [1.807, 2.05) is 18.2 Å². The van der Waals surface area contributed by atoms with E-state index in [0.29, 0.717) is 29.4 Å². The van der Waals surface area contributed by atoms with Crippen molar-refractivity contribution in [1.82, 2.24) is 0 Å². The van der Waals surface area contributed by atoms with Crippen LogP contribution < -0.4 is 4.74 Å². The maximum atomic E-state index is 10.3. The Kier molecular flexibility index (Phi) is 5.12. The largest absolute Gasteiger partial charge is 0.491 e. The van der Waals surface area contributed by atoms with Crippen molar-refractivity contribution >= 4 is 11.6 Å². The molecule has 1 aromatic carbocycles. The summed E-state index contributed by atoms with van der Waals surface area (Å²) in [5, 5.41) is 10.9. The molecule has 1 aliphatic rings. The van der Waals surface area contributed by atoms with Crippen molar-refractivity contribution in [1.29, 1.82) is 0 Å². The predicted molar refractivity (Wildman–Crippen MR) is 78.6 cm³/mol.